The lowest BCUT2D eigenvalue weighted by molar-refractivity contribution is 0.122. The van der Waals surface area contributed by atoms with Gasteiger partial charge in [-0.1, -0.05) is 0 Å². The topological polar surface area (TPSA) is 175 Å². The van der Waals surface area contributed by atoms with Gasteiger partial charge in [0.25, 0.3) is 0 Å². The molecule has 0 radical (unpaired) electrons. The van der Waals surface area contributed by atoms with Crippen LogP contribution in [0.2, 0.25) is 12.1 Å². The van der Waals surface area contributed by atoms with Gasteiger partial charge in [-0.15, -0.1) is 10.2 Å². The first kappa shape index (κ1) is 32.3. The summed E-state index contributed by atoms with van der Waals surface area (Å²) in [6.07, 6.45) is 3.84. The molecule has 0 aromatic carbocycles. The Kier molecular flexibility index (Phi) is 13.8. The molecule has 0 atom stereocenters. The van der Waals surface area contributed by atoms with Gasteiger partial charge in [0.1, 0.15) is 12.7 Å². The molecule has 0 saturated carbocycles. The number of aromatic nitrogens is 6. The molecule has 0 spiro atoms. The van der Waals surface area contributed by atoms with Gasteiger partial charge in [-0.05, 0) is 34.4 Å². The van der Waals surface area contributed by atoms with Gasteiger partial charge in [-0.25, -0.2) is 19.6 Å². The highest BCUT2D eigenvalue weighted by molar-refractivity contribution is 8.76. The van der Waals surface area contributed by atoms with Crippen molar-refractivity contribution in [2.45, 2.75) is 35.2 Å². The van der Waals surface area contributed by atoms with Crippen LogP contribution in [0.5, 0.6) is 0 Å². The third-order valence-corrected chi connectivity index (χ3v) is 12.9. The van der Waals surface area contributed by atoms with Crippen LogP contribution >= 0.6 is 21.6 Å². The van der Waals surface area contributed by atoms with Crippen LogP contribution in [-0.2, 0) is 26.6 Å². The highest BCUT2D eigenvalue weighted by atomic mass is 33.1. The Balaban J connectivity index is 1.74. The zero-order valence-electron chi connectivity index (χ0n) is 22.2. The van der Waals surface area contributed by atoms with Crippen molar-refractivity contribution in [1.29, 1.82) is 0 Å². The summed E-state index contributed by atoms with van der Waals surface area (Å²) in [5.41, 5.74) is 0. The summed E-state index contributed by atoms with van der Waals surface area (Å²) < 4.78 is 34.3. The van der Waals surface area contributed by atoms with E-state index in [0.29, 0.717) is 48.3 Å². The Morgan fingerprint density at radius 3 is 1.37 bits per heavy atom. The van der Waals surface area contributed by atoms with Crippen LogP contribution in [0.15, 0.2) is 23.0 Å². The molecular formula is C18H34N8O8S2Si2. The molecule has 2 amide bonds. The fourth-order valence-electron chi connectivity index (χ4n) is 3.12. The van der Waals surface area contributed by atoms with E-state index in [0.717, 1.165) is 31.0 Å². The first-order valence-corrected chi connectivity index (χ1v) is 17.4. The molecule has 0 aliphatic heterocycles. The van der Waals surface area contributed by atoms with Crippen molar-refractivity contribution in [2.24, 2.45) is 0 Å². The van der Waals surface area contributed by atoms with Crippen molar-refractivity contribution >= 4 is 51.3 Å². The largest absolute Gasteiger partial charge is 0.500 e. The number of hydrogen-bond donors (Lipinski definition) is 2. The van der Waals surface area contributed by atoms with Crippen molar-refractivity contribution < 1.29 is 36.1 Å². The van der Waals surface area contributed by atoms with Crippen LogP contribution in [0.4, 0.5) is 9.59 Å². The summed E-state index contributed by atoms with van der Waals surface area (Å²) in [6, 6.07) is 0.270. The van der Waals surface area contributed by atoms with Gasteiger partial charge >= 0.3 is 29.7 Å². The zero-order valence-corrected chi connectivity index (χ0v) is 25.8. The number of nitrogens with one attached hydrogen (secondary N) is 2. The molecule has 0 unspecified atom stereocenters. The average Bonchev–Trinajstić information content (AvgIpc) is 3.63. The van der Waals surface area contributed by atoms with Crippen molar-refractivity contribution in [3.05, 3.63) is 12.7 Å². The first-order valence-electron chi connectivity index (χ1n) is 11.3. The molecule has 16 nitrogen and oxygen atoms in total. The molecule has 0 aliphatic carbocycles. The number of carbonyl (C=O) groups is 2. The van der Waals surface area contributed by atoms with Crippen LogP contribution < -0.4 is 10.6 Å². The maximum atomic E-state index is 12.3. The minimum atomic E-state index is -2.68. The fourth-order valence-corrected chi connectivity index (χ4v) is 8.04. The monoisotopic (exact) mass is 610 g/mol. The summed E-state index contributed by atoms with van der Waals surface area (Å²) in [5, 5.41) is 14.4. The second-order valence-electron chi connectivity index (χ2n) is 7.37. The Morgan fingerprint density at radius 1 is 0.711 bits per heavy atom. The van der Waals surface area contributed by atoms with Gasteiger partial charge in [0.05, 0.1) is 0 Å². The molecule has 2 aromatic heterocycles. The Labute approximate surface area is 231 Å². The van der Waals surface area contributed by atoms with E-state index in [1.807, 2.05) is 0 Å². The quantitative estimate of drug-likeness (QED) is 0.149. The summed E-state index contributed by atoms with van der Waals surface area (Å²) in [7, 11) is 6.21. The summed E-state index contributed by atoms with van der Waals surface area (Å²) >= 11 is 0. The SMILES string of the molecule is CO[Si](CCCNC(=O)n1cnc(SSc2ncn(C(=O)NCCC[Si](OC)(OC)OC)n2)n1)(OC)OC. The van der Waals surface area contributed by atoms with Gasteiger partial charge in [0.15, 0.2) is 0 Å². The number of hydrogen-bond acceptors (Lipinski definition) is 14. The molecule has 20 heteroatoms. The van der Waals surface area contributed by atoms with E-state index in [-0.39, 0.29) is 0 Å². The molecule has 0 saturated heterocycles. The molecule has 38 heavy (non-hydrogen) atoms. The van der Waals surface area contributed by atoms with E-state index >= 15 is 0 Å². The number of nitrogens with zero attached hydrogens (tertiary/aromatic N) is 6. The first-order chi connectivity index (χ1) is 18.3. The van der Waals surface area contributed by atoms with Gasteiger partial charge in [-0.3, -0.25) is 0 Å². The minimum absolute atomic E-state index is 0.331. The van der Waals surface area contributed by atoms with Crippen LogP contribution in [0.3, 0.4) is 0 Å². The molecule has 2 heterocycles. The van der Waals surface area contributed by atoms with Gasteiger partial charge in [-0.2, -0.15) is 9.36 Å². The van der Waals surface area contributed by atoms with Crippen LogP contribution in [0.1, 0.15) is 12.8 Å². The van der Waals surface area contributed by atoms with Gasteiger partial charge in [0.2, 0.25) is 10.3 Å². The summed E-state index contributed by atoms with van der Waals surface area (Å²) in [6.45, 7) is 0.774. The lowest BCUT2D eigenvalue weighted by Gasteiger charge is -2.24. The van der Waals surface area contributed by atoms with E-state index in [4.69, 9.17) is 26.6 Å². The summed E-state index contributed by atoms with van der Waals surface area (Å²) in [4.78, 5) is 32.8. The lowest BCUT2D eigenvalue weighted by Crippen LogP contribution is -2.43. The third-order valence-electron chi connectivity index (χ3n) is 5.29. The Bertz CT molecular complexity index is 914. The Hall–Kier alpha value is -1.89. The second-order valence-corrected chi connectivity index (χ2v) is 15.6. The number of rotatable bonds is 17. The van der Waals surface area contributed by atoms with Crippen molar-refractivity contribution in [1.82, 2.24) is 40.2 Å². The molecule has 0 bridgehead atoms. The number of amides is 2. The van der Waals surface area contributed by atoms with Crippen molar-refractivity contribution in [2.75, 3.05) is 55.7 Å². The van der Waals surface area contributed by atoms with E-state index in [1.165, 1.54) is 12.7 Å². The molecule has 2 N–H and O–H groups in total. The molecular weight excluding hydrogens is 577 g/mol. The van der Waals surface area contributed by atoms with Crippen LogP contribution in [0.25, 0.3) is 0 Å². The number of carbonyl (C=O) groups excluding carboxylic acids is 2. The van der Waals surface area contributed by atoms with Crippen molar-refractivity contribution in [3.8, 4) is 0 Å². The predicted octanol–water partition coefficient (Wildman–Crippen LogP) is 1.32. The lowest BCUT2D eigenvalue weighted by atomic mass is 10.5. The highest BCUT2D eigenvalue weighted by Gasteiger charge is 2.37. The summed E-state index contributed by atoms with van der Waals surface area (Å²) in [5.74, 6) is 0. The zero-order chi connectivity index (χ0) is 28.0. The maximum absolute atomic E-state index is 12.3. The highest BCUT2D eigenvalue weighted by Crippen LogP contribution is 2.32. The maximum Gasteiger partial charge on any atom is 0.500 e. The fraction of sp³-hybridized carbons (Fsp3) is 0.667. The standard InChI is InChI=1S/C18H34N8O8S2Si2/c1-29-37(30-2,31-3)11-7-9-19-17(27)25-13-21-15(23-25)35-36-16-22-14-26(24-16)18(28)20-10-8-12-38(32-4,33-5)34-6/h13-14H,7-12H2,1-6H3,(H,19,27)(H,20,28). The van der Waals surface area contributed by atoms with E-state index in [1.54, 1.807) is 42.7 Å². The molecule has 214 valence electrons. The van der Waals surface area contributed by atoms with Gasteiger partial charge in [0, 0.05) is 67.8 Å². The van der Waals surface area contributed by atoms with Crippen LogP contribution in [0, 0.1) is 0 Å². The van der Waals surface area contributed by atoms with E-state index in [2.05, 4.69) is 30.8 Å². The smallest absolute Gasteiger partial charge is 0.377 e. The minimum Gasteiger partial charge on any atom is -0.377 e. The molecule has 2 aromatic rings. The normalized spacial score (nSPS) is 12.1. The van der Waals surface area contributed by atoms with Gasteiger partial charge < -0.3 is 37.2 Å². The van der Waals surface area contributed by atoms with E-state index < -0.39 is 29.7 Å². The molecule has 2 rings (SSSR count). The predicted molar refractivity (Wildman–Crippen MR) is 142 cm³/mol. The average molecular weight is 611 g/mol. The second kappa shape index (κ2) is 16.3. The Morgan fingerprint density at radius 2 is 1.05 bits per heavy atom. The van der Waals surface area contributed by atoms with E-state index in [9.17, 15) is 9.59 Å². The molecule has 0 fully saturated rings. The van der Waals surface area contributed by atoms with Crippen LogP contribution in [-0.4, -0.2) is 115 Å². The molecule has 0 aliphatic rings. The third kappa shape index (κ3) is 9.39. The van der Waals surface area contributed by atoms with Crippen molar-refractivity contribution in [3.63, 3.8) is 0 Å².